The normalized spacial score (nSPS) is 20.1. The predicted molar refractivity (Wildman–Crippen MR) is 181 cm³/mol. The van der Waals surface area contributed by atoms with E-state index in [9.17, 15) is 19.2 Å². The van der Waals surface area contributed by atoms with Crippen LogP contribution in [0.15, 0.2) is 121 Å². The number of alkyl halides is 3. The first-order chi connectivity index (χ1) is 24.0. The predicted octanol–water partition coefficient (Wildman–Crippen LogP) is 6.61. The lowest BCUT2D eigenvalue weighted by atomic mass is 9.97. The van der Waals surface area contributed by atoms with Crippen LogP contribution >= 0.6 is 34.8 Å². The van der Waals surface area contributed by atoms with Gasteiger partial charge >= 0.3 is 23.9 Å². The summed E-state index contributed by atoms with van der Waals surface area (Å²) in [5, 5.41) is 8.26. The van der Waals surface area contributed by atoms with Crippen LogP contribution in [-0.4, -0.2) is 70.9 Å². The van der Waals surface area contributed by atoms with Crippen molar-refractivity contribution in [2.24, 2.45) is 0 Å². The molecule has 5 rings (SSSR count). The average Bonchev–Trinajstić information content (AvgIpc) is 3.13. The number of esters is 4. The highest BCUT2D eigenvalue weighted by Gasteiger charge is 2.55. The molecule has 50 heavy (non-hydrogen) atoms. The minimum absolute atomic E-state index is 0.0904. The molecule has 1 N–H and O–H groups in total. The van der Waals surface area contributed by atoms with Crippen LogP contribution in [0.2, 0.25) is 0 Å². The molecule has 1 fully saturated rings. The Bertz CT molecular complexity index is 1790. The van der Waals surface area contributed by atoms with E-state index in [4.69, 9.17) is 68.6 Å². The standard InChI is InChI=1S/C36H28Cl3NO10/c37-36(38,39)35(40)50-34-29(49-33(44)25-19-11-4-12-20-25)28(48-32(43)24-17-9-3-10-18-24)27(47-31(42)23-15-7-2-8-16-23)26(46-34)21-45-30(41)22-13-5-1-6-14-22/h1-20,26-29,34,40H,21H2/t26-,27+,28+,29-,34-/m1/s1. The fraction of sp³-hybridized carbons (Fsp3) is 0.194. The average molecular weight is 741 g/mol. The SMILES string of the molecule is N=C(O[C@H]1O[C@H](COC(=O)c2ccccc2)[C@H](OC(=O)c2ccccc2)[C@H](OC(=O)c2ccccc2)[C@H]1OC(=O)c1ccccc1)C(Cl)(Cl)Cl. The van der Waals surface area contributed by atoms with Crippen molar-refractivity contribution in [1.82, 2.24) is 0 Å². The van der Waals surface area contributed by atoms with Crippen LogP contribution in [0.25, 0.3) is 0 Å². The van der Waals surface area contributed by atoms with Gasteiger partial charge in [0, 0.05) is 0 Å². The second-order valence-electron chi connectivity index (χ2n) is 10.7. The van der Waals surface area contributed by atoms with Crippen LogP contribution in [0, 0.1) is 5.41 Å². The lowest BCUT2D eigenvalue weighted by molar-refractivity contribution is -0.279. The highest BCUT2D eigenvalue weighted by Crippen LogP contribution is 2.35. The maximum atomic E-state index is 13.6. The molecule has 1 heterocycles. The van der Waals surface area contributed by atoms with Crippen molar-refractivity contribution in [2.75, 3.05) is 6.61 Å². The first kappa shape index (κ1) is 36.3. The molecular weight excluding hydrogens is 713 g/mol. The Hall–Kier alpha value is -4.94. The summed E-state index contributed by atoms with van der Waals surface area (Å²) in [6, 6.07) is 31.5. The number of rotatable bonds is 10. The summed E-state index contributed by atoms with van der Waals surface area (Å²) in [6.45, 7) is -0.597. The molecule has 0 spiro atoms. The Morgan fingerprint density at radius 2 is 0.900 bits per heavy atom. The molecule has 1 aliphatic rings. The molecule has 4 aromatic carbocycles. The second kappa shape index (κ2) is 16.6. The zero-order valence-electron chi connectivity index (χ0n) is 25.9. The van der Waals surface area contributed by atoms with Crippen LogP contribution in [0.5, 0.6) is 0 Å². The van der Waals surface area contributed by atoms with Crippen molar-refractivity contribution in [3.63, 3.8) is 0 Å². The minimum Gasteiger partial charge on any atom is -0.459 e. The largest absolute Gasteiger partial charge is 0.459 e. The van der Waals surface area contributed by atoms with Crippen LogP contribution in [0.1, 0.15) is 41.4 Å². The smallest absolute Gasteiger partial charge is 0.338 e. The van der Waals surface area contributed by atoms with Crippen LogP contribution in [0.4, 0.5) is 0 Å². The van der Waals surface area contributed by atoms with Gasteiger partial charge in [0.05, 0.1) is 22.3 Å². The van der Waals surface area contributed by atoms with Gasteiger partial charge < -0.3 is 28.4 Å². The van der Waals surface area contributed by atoms with Crippen molar-refractivity contribution in [3.8, 4) is 0 Å². The maximum Gasteiger partial charge on any atom is 0.338 e. The van der Waals surface area contributed by atoms with Gasteiger partial charge in [0.25, 0.3) is 3.79 Å². The number of halogens is 3. The molecule has 4 aromatic rings. The summed E-state index contributed by atoms with van der Waals surface area (Å²) in [6.07, 6.45) is -8.34. The topological polar surface area (TPSA) is 148 Å². The zero-order chi connectivity index (χ0) is 35.7. The lowest BCUT2D eigenvalue weighted by Gasteiger charge is -2.44. The summed E-state index contributed by atoms with van der Waals surface area (Å²) in [5.41, 5.74) is 0.509. The van der Waals surface area contributed by atoms with Gasteiger partial charge in [-0.05, 0) is 48.5 Å². The third kappa shape index (κ3) is 9.39. The molecule has 11 nitrogen and oxygen atoms in total. The Labute approximate surface area is 301 Å². The van der Waals surface area contributed by atoms with E-state index in [1.54, 1.807) is 72.8 Å². The van der Waals surface area contributed by atoms with E-state index in [0.29, 0.717) is 0 Å². The molecule has 0 aromatic heterocycles. The van der Waals surface area contributed by atoms with Gasteiger partial charge in [0.2, 0.25) is 18.3 Å². The molecule has 1 aliphatic heterocycles. The molecule has 5 atom stereocenters. The van der Waals surface area contributed by atoms with Gasteiger partial charge in [-0.1, -0.05) is 108 Å². The summed E-state index contributed by atoms with van der Waals surface area (Å²) in [7, 11) is 0. The van der Waals surface area contributed by atoms with Gasteiger partial charge in [-0.3, -0.25) is 5.41 Å². The number of benzene rings is 4. The van der Waals surface area contributed by atoms with E-state index < -0.39 is 70.9 Å². The summed E-state index contributed by atoms with van der Waals surface area (Å²) < 4.78 is 32.5. The van der Waals surface area contributed by atoms with Crippen LogP contribution < -0.4 is 0 Å². The number of ether oxygens (including phenoxy) is 6. The second-order valence-corrected chi connectivity index (χ2v) is 12.9. The van der Waals surface area contributed by atoms with Crippen LogP contribution in [0.3, 0.4) is 0 Å². The summed E-state index contributed by atoms with van der Waals surface area (Å²) in [4.78, 5) is 53.5. The Morgan fingerprint density at radius 1 is 0.540 bits per heavy atom. The first-order valence-corrected chi connectivity index (χ1v) is 16.1. The molecule has 1 saturated heterocycles. The molecule has 0 bridgehead atoms. The quantitative estimate of drug-likeness (QED) is 0.0620. The minimum atomic E-state index is -2.40. The molecule has 0 radical (unpaired) electrons. The van der Waals surface area contributed by atoms with Crippen molar-refractivity contribution in [2.45, 2.75) is 34.5 Å². The number of hydrogen-bond acceptors (Lipinski definition) is 11. The van der Waals surface area contributed by atoms with Crippen molar-refractivity contribution in [1.29, 1.82) is 5.41 Å². The summed E-state index contributed by atoms with van der Waals surface area (Å²) >= 11 is 17.8. The molecule has 0 unspecified atom stereocenters. The van der Waals surface area contributed by atoms with Crippen molar-refractivity contribution in [3.05, 3.63) is 144 Å². The third-order valence-corrected chi connectivity index (χ3v) is 7.74. The van der Waals surface area contributed by atoms with Gasteiger partial charge in [0.15, 0.2) is 12.2 Å². The van der Waals surface area contributed by atoms with Crippen molar-refractivity contribution < 1.29 is 47.6 Å². The van der Waals surface area contributed by atoms with Gasteiger partial charge in [-0.25, -0.2) is 19.2 Å². The Morgan fingerprint density at radius 3 is 1.30 bits per heavy atom. The number of hydrogen-bond donors (Lipinski definition) is 1. The first-order valence-electron chi connectivity index (χ1n) is 15.0. The third-order valence-electron chi connectivity index (χ3n) is 7.23. The lowest BCUT2D eigenvalue weighted by Crippen LogP contribution is -2.63. The molecule has 0 amide bonds. The molecule has 14 heteroatoms. The fourth-order valence-corrected chi connectivity index (χ4v) is 4.94. The molecule has 0 aliphatic carbocycles. The Kier molecular flexibility index (Phi) is 12.1. The summed E-state index contributed by atoms with van der Waals surface area (Å²) in [5.74, 6) is -4.41. The van der Waals surface area contributed by atoms with Crippen LogP contribution in [-0.2, 0) is 28.4 Å². The van der Waals surface area contributed by atoms with Gasteiger partial charge in [0.1, 0.15) is 12.7 Å². The van der Waals surface area contributed by atoms with Gasteiger partial charge in [-0.2, -0.15) is 0 Å². The number of carbonyl (C=O) groups is 4. The molecular formula is C36H28Cl3NO10. The van der Waals surface area contributed by atoms with E-state index in [1.165, 1.54) is 48.5 Å². The number of nitrogens with one attached hydrogen (secondary N) is 1. The van der Waals surface area contributed by atoms with E-state index in [0.717, 1.165) is 0 Å². The maximum absolute atomic E-state index is 13.6. The monoisotopic (exact) mass is 739 g/mol. The van der Waals surface area contributed by atoms with Gasteiger partial charge in [-0.15, -0.1) is 0 Å². The van der Waals surface area contributed by atoms with Crippen molar-refractivity contribution >= 4 is 64.6 Å². The molecule has 0 saturated carbocycles. The highest BCUT2D eigenvalue weighted by atomic mass is 35.6. The fourth-order valence-electron chi connectivity index (χ4n) is 4.81. The number of carbonyl (C=O) groups excluding carboxylic acids is 4. The van der Waals surface area contributed by atoms with E-state index in [-0.39, 0.29) is 22.3 Å². The van der Waals surface area contributed by atoms with E-state index in [1.807, 2.05) is 0 Å². The van der Waals surface area contributed by atoms with E-state index in [2.05, 4.69) is 0 Å². The molecule has 258 valence electrons. The highest BCUT2D eigenvalue weighted by molar-refractivity contribution is 6.76. The Balaban J connectivity index is 1.58. The van der Waals surface area contributed by atoms with E-state index >= 15 is 0 Å². The zero-order valence-corrected chi connectivity index (χ0v) is 28.1.